The molecule has 0 aliphatic heterocycles. The Morgan fingerprint density at radius 2 is 1.10 bits per heavy atom. The molecule has 49 heavy (non-hydrogen) atoms. The molecule has 1 aromatic heterocycles. The van der Waals surface area contributed by atoms with Crippen LogP contribution in [0.1, 0.15) is 40.9 Å². The van der Waals surface area contributed by atoms with Gasteiger partial charge in [0.25, 0.3) is 0 Å². The molecule has 0 amide bonds. The predicted molar refractivity (Wildman–Crippen MR) is 203 cm³/mol. The second-order valence-electron chi connectivity index (χ2n) is 13.3. The number of carbonyl (C=O) groups is 1. The molecular weight excluding hydrogens is 597 g/mol. The molecule has 1 heterocycles. The third-order valence-electron chi connectivity index (χ3n) is 10.1. The van der Waals surface area contributed by atoms with Gasteiger partial charge >= 0.3 is 0 Å². The van der Waals surface area contributed by atoms with Crippen LogP contribution in [0.2, 0.25) is 0 Å². The highest BCUT2D eigenvalue weighted by molar-refractivity contribution is 6.14. The van der Waals surface area contributed by atoms with Crippen molar-refractivity contribution in [3.8, 4) is 16.8 Å². The summed E-state index contributed by atoms with van der Waals surface area (Å²) in [5.74, 6) is 0.0983. The van der Waals surface area contributed by atoms with Crippen molar-refractivity contribution in [3.63, 3.8) is 0 Å². The van der Waals surface area contributed by atoms with Gasteiger partial charge in [0, 0.05) is 50.1 Å². The van der Waals surface area contributed by atoms with Crippen LogP contribution in [0.3, 0.4) is 0 Å². The molecule has 0 saturated carbocycles. The summed E-state index contributed by atoms with van der Waals surface area (Å²) in [4.78, 5) is 16.1. The number of fused-ring (bicyclic) bond motifs is 5. The van der Waals surface area contributed by atoms with E-state index in [0.717, 1.165) is 67.2 Å². The van der Waals surface area contributed by atoms with Gasteiger partial charge in [-0.25, -0.2) is 0 Å². The van der Waals surface area contributed by atoms with Crippen LogP contribution in [0.15, 0.2) is 170 Å². The molecule has 1 aliphatic carbocycles. The Hall–Kier alpha value is -6.19. The Bertz CT molecular complexity index is 2500. The van der Waals surface area contributed by atoms with E-state index in [1.165, 1.54) is 10.8 Å². The van der Waals surface area contributed by atoms with E-state index in [1.807, 2.05) is 30.3 Å². The lowest BCUT2D eigenvalue weighted by Crippen LogP contribution is -2.31. The van der Waals surface area contributed by atoms with Crippen molar-refractivity contribution in [1.29, 1.82) is 0 Å². The van der Waals surface area contributed by atoms with E-state index in [4.69, 9.17) is 0 Å². The molecule has 0 radical (unpaired) electrons. The summed E-state index contributed by atoms with van der Waals surface area (Å²) in [6, 6.07) is 59.5. The summed E-state index contributed by atoms with van der Waals surface area (Å²) < 4.78 is 2.37. The lowest BCUT2D eigenvalue weighted by Gasteiger charge is -2.36. The maximum atomic E-state index is 13.8. The molecule has 3 heteroatoms. The van der Waals surface area contributed by atoms with Crippen LogP contribution in [0.5, 0.6) is 0 Å². The van der Waals surface area contributed by atoms with Crippen LogP contribution in [-0.4, -0.2) is 10.4 Å². The first kappa shape index (κ1) is 29.0. The van der Waals surface area contributed by atoms with Gasteiger partial charge in [0.05, 0.1) is 11.0 Å². The molecule has 1 aliphatic rings. The molecule has 0 atom stereocenters. The second-order valence-corrected chi connectivity index (χ2v) is 13.3. The quantitative estimate of drug-likeness (QED) is 0.189. The van der Waals surface area contributed by atoms with Crippen molar-refractivity contribution in [3.05, 3.63) is 192 Å². The Kier molecular flexibility index (Phi) is 6.63. The zero-order valence-electron chi connectivity index (χ0n) is 27.5. The van der Waals surface area contributed by atoms with Crippen molar-refractivity contribution >= 4 is 44.7 Å². The number of nitrogens with zero attached hydrogens (tertiary/aromatic N) is 2. The van der Waals surface area contributed by atoms with E-state index < -0.39 is 0 Å². The van der Waals surface area contributed by atoms with E-state index in [2.05, 4.69) is 163 Å². The number of carbonyl (C=O) groups excluding carboxylic acids is 1. The number of benzene rings is 7. The molecule has 0 fully saturated rings. The van der Waals surface area contributed by atoms with Crippen LogP contribution >= 0.6 is 0 Å². The molecular formula is C46H34N2O. The SMILES string of the molecule is CC1(C)c2ccccc2C(=O)c2cccc(-c3cccc(-n4c5ccccc5c5cc(N(c6ccccc6)c6ccccc6)ccc54)c3)c21. The molecule has 9 rings (SSSR count). The van der Waals surface area contributed by atoms with Crippen molar-refractivity contribution in [1.82, 2.24) is 4.57 Å². The van der Waals surface area contributed by atoms with Gasteiger partial charge in [-0.15, -0.1) is 0 Å². The highest BCUT2D eigenvalue weighted by Crippen LogP contribution is 2.46. The summed E-state index contributed by atoms with van der Waals surface area (Å²) in [6.45, 7) is 4.48. The first-order valence-electron chi connectivity index (χ1n) is 16.8. The van der Waals surface area contributed by atoms with E-state index in [9.17, 15) is 4.79 Å². The van der Waals surface area contributed by atoms with E-state index in [-0.39, 0.29) is 11.2 Å². The minimum absolute atomic E-state index is 0.0983. The van der Waals surface area contributed by atoms with Crippen LogP contribution < -0.4 is 4.90 Å². The molecule has 234 valence electrons. The first-order chi connectivity index (χ1) is 24.0. The highest BCUT2D eigenvalue weighted by Gasteiger charge is 2.38. The lowest BCUT2D eigenvalue weighted by atomic mass is 9.66. The fourth-order valence-corrected chi connectivity index (χ4v) is 7.95. The fraction of sp³-hybridized carbons (Fsp3) is 0.0652. The molecule has 3 nitrogen and oxygen atoms in total. The smallest absolute Gasteiger partial charge is 0.193 e. The first-order valence-corrected chi connectivity index (χ1v) is 16.8. The normalized spacial score (nSPS) is 13.3. The minimum Gasteiger partial charge on any atom is -0.310 e. The van der Waals surface area contributed by atoms with Crippen LogP contribution in [0.4, 0.5) is 17.1 Å². The Morgan fingerprint density at radius 1 is 0.490 bits per heavy atom. The standard InChI is InChI=1S/C46H34N2O/c1-46(2)41-25-11-9-22-38(41)45(49)39-24-14-23-36(44(39)46)31-15-13-20-34(29-31)48-42-26-12-10-21-37(42)40-30-35(27-28-43(40)48)47(32-16-5-3-6-17-32)33-18-7-4-8-19-33/h3-30H,1-2H3. The average Bonchev–Trinajstić information content (AvgIpc) is 3.49. The van der Waals surface area contributed by atoms with E-state index in [1.54, 1.807) is 0 Å². The molecule has 0 saturated heterocycles. The minimum atomic E-state index is -0.334. The number of hydrogen-bond donors (Lipinski definition) is 0. The molecule has 0 spiro atoms. The van der Waals surface area contributed by atoms with Crippen LogP contribution in [0.25, 0.3) is 38.6 Å². The fourth-order valence-electron chi connectivity index (χ4n) is 7.95. The summed E-state index contributed by atoms with van der Waals surface area (Å²) >= 11 is 0. The van der Waals surface area contributed by atoms with Gasteiger partial charge in [0.15, 0.2) is 5.78 Å². The largest absolute Gasteiger partial charge is 0.310 e. The van der Waals surface area contributed by atoms with E-state index >= 15 is 0 Å². The predicted octanol–water partition coefficient (Wildman–Crippen LogP) is 11.8. The van der Waals surface area contributed by atoms with Gasteiger partial charge in [0.1, 0.15) is 0 Å². The summed E-state index contributed by atoms with van der Waals surface area (Å²) in [5, 5.41) is 2.39. The van der Waals surface area contributed by atoms with Gasteiger partial charge in [-0.05, 0) is 82.9 Å². The maximum Gasteiger partial charge on any atom is 0.193 e. The number of ketones is 1. The molecule has 8 aromatic rings. The number of aromatic nitrogens is 1. The monoisotopic (exact) mass is 630 g/mol. The zero-order chi connectivity index (χ0) is 33.1. The topological polar surface area (TPSA) is 25.2 Å². The number of rotatable bonds is 5. The lowest BCUT2D eigenvalue weighted by molar-refractivity contribution is 0.103. The Morgan fingerprint density at radius 3 is 1.88 bits per heavy atom. The van der Waals surface area contributed by atoms with Crippen molar-refractivity contribution in [2.45, 2.75) is 19.3 Å². The number of anilines is 3. The summed E-state index contributed by atoms with van der Waals surface area (Å²) in [6.07, 6.45) is 0. The second kappa shape index (κ2) is 11.2. The van der Waals surface area contributed by atoms with Crippen molar-refractivity contribution < 1.29 is 4.79 Å². The summed E-state index contributed by atoms with van der Waals surface area (Å²) in [5.41, 5.74) is 12.3. The van der Waals surface area contributed by atoms with Crippen LogP contribution in [0, 0.1) is 0 Å². The molecule has 7 aromatic carbocycles. The summed E-state index contributed by atoms with van der Waals surface area (Å²) in [7, 11) is 0. The van der Waals surface area contributed by atoms with E-state index in [0.29, 0.717) is 0 Å². The van der Waals surface area contributed by atoms with Gasteiger partial charge in [0.2, 0.25) is 0 Å². The van der Waals surface area contributed by atoms with Gasteiger partial charge < -0.3 is 9.47 Å². The van der Waals surface area contributed by atoms with Crippen molar-refractivity contribution in [2.24, 2.45) is 0 Å². The van der Waals surface area contributed by atoms with Gasteiger partial charge in [-0.2, -0.15) is 0 Å². The Labute approximate surface area is 286 Å². The van der Waals surface area contributed by atoms with Crippen LogP contribution in [-0.2, 0) is 5.41 Å². The zero-order valence-corrected chi connectivity index (χ0v) is 27.5. The molecule has 0 bridgehead atoms. The van der Waals surface area contributed by atoms with Gasteiger partial charge in [-0.1, -0.05) is 123 Å². The Balaban J connectivity index is 1.22. The number of para-hydroxylation sites is 3. The molecule has 0 N–H and O–H groups in total. The third-order valence-corrected chi connectivity index (χ3v) is 10.1. The maximum absolute atomic E-state index is 13.8. The molecule has 0 unspecified atom stereocenters. The van der Waals surface area contributed by atoms with Gasteiger partial charge in [-0.3, -0.25) is 4.79 Å². The van der Waals surface area contributed by atoms with Crippen molar-refractivity contribution in [2.75, 3.05) is 4.90 Å². The third kappa shape index (κ3) is 4.54. The highest BCUT2D eigenvalue weighted by atomic mass is 16.1. The number of hydrogen-bond acceptors (Lipinski definition) is 2. The average molecular weight is 631 g/mol.